The fourth-order valence-corrected chi connectivity index (χ4v) is 1.90. The summed E-state index contributed by atoms with van der Waals surface area (Å²) in [6.45, 7) is 2.82. The second-order valence-electron chi connectivity index (χ2n) is 3.25. The lowest BCUT2D eigenvalue weighted by atomic mass is 10.1. The van der Waals surface area contributed by atoms with E-state index >= 15 is 0 Å². The lowest BCUT2D eigenvalue weighted by molar-refractivity contribution is 0.285. The normalized spacial score (nSPS) is 24.5. The molecule has 0 saturated carbocycles. The minimum Gasteiger partial charge on any atom is -0.313 e. The van der Waals surface area contributed by atoms with Gasteiger partial charge in [-0.05, 0) is 17.3 Å². The van der Waals surface area contributed by atoms with Crippen LogP contribution in [0, 0.1) is 0 Å². The van der Waals surface area contributed by atoms with Crippen LogP contribution in [-0.2, 0) is 0 Å². The van der Waals surface area contributed by atoms with Crippen LogP contribution in [0.1, 0.15) is 11.6 Å². The van der Waals surface area contributed by atoms with Crippen LogP contribution >= 0.6 is 11.8 Å². The van der Waals surface area contributed by atoms with Crippen LogP contribution in [0.3, 0.4) is 0 Å². The van der Waals surface area contributed by atoms with Crippen molar-refractivity contribution in [2.45, 2.75) is 6.04 Å². The van der Waals surface area contributed by atoms with Crippen LogP contribution < -0.4 is 5.32 Å². The van der Waals surface area contributed by atoms with E-state index < -0.39 is 0 Å². The van der Waals surface area contributed by atoms with E-state index in [4.69, 9.17) is 11.8 Å². The Labute approximate surface area is 83.6 Å². The Hall–Kier alpha value is -0.570. The van der Waals surface area contributed by atoms with Crippen LogP contribution in [0.25, 0.3) is 0 Å². The summed E-state index contributed by atoms with van der Waals surface area (Å²) in [5.74, 6) is 0. The van der Waals surface area contributed by atoms with E-state index in [1.165, 1.54) is 5.56 Å². The molecule has 0 radical (unpaired) electrons. The van der Waals surface area contributed by atoms with E-state index in [-0.39, 0.29) is 0 Å². The average molecular weight is 197 g/mol. The molecule has 1 atom stereocenters. The van der Waals surface area contributed by atoms with Crippen molar-refractivity contribution in [3.63, 3.8) is 0 Å². The molecule has 2 nitrogen and oxygen atoms in total. The van der Waals surface area contributed by atoms with Crippen LogP contribution in [0.5, 0.6) is 0 Å². The number of rotatable bonds is 1. The SMILES string of the molecule is ClN1CCNCC1c1ccccc1. The first-order valence-corrected chi connectivity index (χ1v) is 4.90. The Morgan fingerprint density at radius 2 is 2.08 bits per heavy atom. The molecule has 0 aliphatic carbocycles. The highest BCUT2D eigenvalue weighted by atomic mass is 35.5. The predicted molar refractivity (Wildman–Crippen MR) is 54.6 cm³/mol. The van der Waals surface area contributed by atoms with Gasteiger partial charge in [-0.15, -0.1) is 0 Å². The molecule has 1 unspecified atom stereocenters. The zero-order valence-corrected chi connectivity index (χ0v) is 8.17. The Morgan fingerprint density at radius 3 is 2.77 bits per heavy atom. The van der Waals surface area contributed by atoms with E-state index in [9.17, 15) is 0 Å². The Kier molecular flexibility index (Phi) is 2.83. The van der Waals surface area contributed by atoms with Gasteiger partial charge in [0.2, 0.25) is 0 Å². The molecule has 0 aromatic heterocycles. The van der Waals surface area contributed by atoms with Crippen LogP contribution in [0.2, 0.25) is 0 Å². The van der Waals surface area contributed by atoms with Gasteiger partial charge in [0.1, 0.15) is 0 Å². The van der Waals surface area contributed by atoms with Gasteiger partial charge < -0.3 is 5.32 Å². The van der Waals surface area contributed by atoms with Crippen LogP contribution in [0.15, 0.2) is 30.3 Å². The molecule has 1 fully saturated rings. The highest BCUT2D eigenvalue weighted by molar-refractivity contribution is 6.13. The van der Waals surface area contributed by atoms with E-state index in [2.05, 4.69) is 29.6 Å². The number of nitrogens with zero attached hydrogens (tertiary/aromatic N) is 1. The summed E-state index contributed by atoms with van der Waals surface area (Å²) in [5.41, 5.74) is 1.28. The smallest absolute Gasteiger partial charge is 0.0626 e. The number of nitrogens with one attached hydrogen (secondary N) is 1. The number of halogens is 1. The summed E-state index contributed by atoms with van der Waals surface area (Å²) in [6.07, 6.45) is 0. The van der Waals surface area contributed by atoms with Gasteiger partial charge in [-0.25, -0.2) is 4.42 Å². The molecular weight excluding hydrogens is 184 g/mol. The predicted octanol–water partition coefficient (Wildman–Crippen LogP) is 1.79. The van der Waals surface area contributed by atoms with Crippen molar-refractivity contribution >= 4 is 11.8 Å². The topological polar surface area (TPSA) is 15.3 Å². The Bertz CT molecular complexity index is 263. The molecule has 1 aromatic rings. The quantitative estimate of drug-likeness (QED) is 0.689. The lowest BCUT2D eigenvalue weighted by Gasteiger charge is -2.30. The van der Waals surface area contributed by atoms with Gasteiger partial charge in [-0.3, -0.25) is 0 Å². The first kappa shape index (κ1) is 9.00. The maximum Gasteiger partial charge on any atom is 0.0626 e. The lowest BCUT2D eigenvalue weighted by Crippen LogP contribution is -2.41. The average Bonchev–Trinajstić information content (AvgIpc) is 2.20. The van der Waals surface area contributed by atoms with Crippen molar-refractivity contribution in [3.8, 4) is 0 Å². The molecular formula is C10H13ClN2. The maximum atomic E-state index is 6.11. The van der Waals surface area contributed by atoms with Gasteiger partial charge in [-0.2, -0.15) is 0 Å². The summed E-state index contributed by atoms with van der Waals surface area (Å²) >= 11 is 6.11. The van der Waals surface area contributed by atoms with Crippen molar-refractivity contribution in [2.24, 2.45) is 0 Å². The highest BCUT2D eigenvalue weighted by Gasteiger charge is 2.21. The monoisotopic (exact) mass is 196 g/mol. The summed E-state index contributed by atoms with van der Waals surface area (Å²) in [7, 11) is 0. The molecule has 1 N–H and O–H groups in total. The molecule has 1 heterocycles. The Morgan fingerprint density at radius 1 is 1.31 bits per heavy atom. The number of piperazine rings is 1. The van der Waals surface area contributed by atoms with Crippen molar-refractivity contribution in [1.29, 1.82) is 0 Å². The highest BCUT2D eigenvalue weighted by Crippen LogP contribution is 2.23. The van der Waals surface area contributed by atoms with Crippen molar-refractivity contribution < 1.29 is 0 Å². The minimum absolute atomic E-state index is 0.316. The molecule has 0 bridgehead atoms. The molecule has 13 heavy (non-hydrogen) atoms. The van der Waals surface area contributed by atoms with E-state index in [0.29, 0.717) is 6.04 Å². The third kappa shape index (κ3) is 2.02. The molecule has 0 amide bonds. The maximum absolute atomic E-state index is 6.11. The first-order valence-electron chi connectivity index (χ1n) is 4.56. The van der Waals surface area contributed by atoms with Gasteiger partial charge in [0.15, 0.2) is 0 Å². The van der Waals surface area contributed by atoms with E-state index in [1.54, 1.807) is 0 Å². The van der Waals surface area contributed by atoms with Gasteiger partial charge in [-0.1, -0.05) is 30.3 Å². The van der Waals surface area contributed by atoms with Gasteiger partial charge in [0.25, 0.3) is 0 Å². The molecule has 0 spiro atoms. The van der Waals surface area contributed by atoms with Gasteiger partial charge in [0.05, 0.1) is 6.04 Å². The molecule has 70 valence electrons. The molecule has 1 aliphatic rings. The zero-order valence-electron chi connectivity index (χ0n) is 7.41. The van der Waals surface area contributed by atoms with Gasteiger partial charge >= 0.3 is 0 Å². The molecule has 1 aliphatic heterocycles. The summed E-state index contributed by atoms with van der Waals surface area (Å²) in [5, 5.41) is 3.34. The number of hydrogen-bond acceptors (Lipinski definition) is 2. The molecule has 1 aromatic carbocycles. The second-order valence-corrected chi connectivity index (χ2v) is 3.69. The van der Waals surface area contributed by atoms with E-state index in [0.717, 1.165) is 19.6 Å². The standard InChI is InChI=1S/C10H13ClN2/c11-13-7-6-12-8-10(13)9-4-2-1-3-5-9/h1-5,10,12H,6-8H2. The number of benzene rings is 1. The third-order valence-electron chi connectivity index (χ3n) is 2.36. The van der Waals surface area contributed by atoms with Gasteiger partial charge in [0, 0.05) is 19.6 Å². The zero-order chi connectivity index (χ0) is 9.10. The van der Waals surface area contributed by atoms with Crippen LogP contribution in [-0.4, -0.2) is 24.1 Å². The largest absolute Gasteiger partial charge is 0.313 e. The summed E-state index contributed by atoms with van der Waals surface area (Å²) in [6, 6.07) is 10.7. The van der Waals surface area contributed by atoms with Crippen molar-refractivity contribution in [3.05, 3.63) is 35.9 Å². The Balaban J connectivity index is 2.15. The second kappa shape index (κ2) is 4.09. The third-order valence-corrected chi connectivity index (χ3v) is 2.77. The summed E-state index contributed by atoms with van der Waals surface area (Å²) in [4.78, 5) is 0. The fraction of sp³-hybridized carbons (Fsp3) is 0.400. The van der Waals surface area contributed by atoms with Crippen molar-refractivity contribution in [2.75, 3.05) is 19.6 Å². The molecule has 2 rings (SSSR count). The summed E-state index contributed by atoms with van der Waals surface area (Å²) < 4.78 is 1.88. The molecule has 3 heteroatoms. The fourth-order valence-electron chi connectivity index (χ4n) is 1.63. The van der Waals surface area contributed by atoms with E-state index in [1.807, 2.05) is 10.5 Å². The van der Waals surface area contributed by atoms with Crippen molar-refractivity contribution in [1.82, 2.24) is 9.74 Å². The molecule has 1 saturated heterocycles. The minimum atomic E-state index is 0.316. The number of hydrogen-bond donors (Lipinski definition) is 1. The van der Waals surface area contributed by atoms with Crippen LogP contribution in [0.4, 0.5) is 0 Å². The first-order chi connectivity index (χ1) is 6.38.